The van der Waals surface area contributed by atoms with E-state index in [0.29, 0.717) is 10.7 Å². The lowest BCUT2D eigenvalue weighted by Gasteiger charge is -2.05. The molecule has 0 bridgehead atoms. The summed E-state index contributed by atoms with van der Waals surface area (Å²) in [5.41, 5.74) is 1.52. The van der Waals surface area contributed by atoms with E-state index in [9.17, 15) is 4.79 Å². The zero-order chi connectivity index (χ0) is 13.4. The molecule has 5 nitrogen and oxygen atoms in total. The zero-order valence-electron chi connectivity index (χ0n) is 10.4. The molecule has 1 fully saturated rings. The van der Waals surface area contributed by atoms with E-state index < -0.39 is 0 Å². The Morgan fingerprint density at radius 2 is 2.32 bits per heavy atom. The fraction of sp³-hybridized carbons (Fsp3) is 0.308. The first-order chi connectivity index (χ1) is 9.19. The van der Waals surface area contributed by atoms with Gasteiger partial charge in [0, 0.05) is 10.9 Å². The normalized spacial score (nSPS) is 14.3. The molecule has 1 aromatic heterocycles. The molecule has 6 heteroatoms. The predicted octanol–water partition coefficient (Wildman–Crippen LogP) is 2.24. The molecule has 2 aromatic rings. The van der Waals surface area contributed by atoms with E-state index in [1.165, 1.54) is 11.8 Å². The van der Waals surface area contributed by atoms with Crippen molar-refractivity contribution in [3.8, 4) is 6.07 Å². The lowest BCUT2D eigenvalue weighted by molar-refractivity contribution is 0.642. The first-order valence-corrected chi connectivity index (χ1v) is 6.86. The van der Waals surface area contributed by atoms with Crippen LogP contribution in [0.15, 0.2) is 33.0 Å². The highest BCUT2D eigenvalue weighted by Crippen LogP contribution is 2.38. The molecule has 1 N–H and O–H groups in total. The summed E-state index contributed by atoms with van der Waals surface area (Å²) in [7, 11) is 0. The molecule has 96 valence electrons. The number of nitriles is 1. The number of rotatable bonds is 3. The van der Waals surface area contributed by atoms with Crippen molar-refractivity contribution in [1.29, 1.82) is 5.26 Å². The summed E-state index contributed by atoms with van der Waals surface area (Å²) >= 11 is 1.37. The average molecular weight is 272 g/mol. The Morgan fingerprint density at radius 3 is 3.00 bits per heavy atom. The van der Waals surface area contributed by atoms with Crippen LogP contribution in [-0.2, 0) is 0 Å². The lowest BCUT2D eigenvalue weighted by atomic mass is 10.2. The van der Waals surface area contributed by atoms with Gasteiger partial charge in [-0.3, -0.25) is 4.57 Å². The van der Waals surface area contributed by atoms with Crippen molar-refractivity contribution >= 4 is 11.8 Å². The molecule has 1 saturated carbocycles. The Kier molecular flexibility index (Phi) is 2.91. The Labute approximate surface area is 114 Å². The first kappa shape index (κ1) is 12.1. The van der Waals surface area contributed by atoms with Gasteiger partial charge in [0.05, 0.1) is 5.56 Å². The van der Waals surface area contributed by atoms with E-state index in [1.807, 2.05) is 19.1 Å². The van der Waals surface area contributed by atoms with Crippen LogP contribution in [0, 0.1) is 18.3 Å². The first-order valence-electron chi connectivity index (χ1n) is 6.04. The van der Waals surface area contributed by atoms with Crippen LogP contribution in [0.1, 0.15) is 30.0 Å². The molecule has 0 saturated heterocycles. The molecule has 1 aliphatic rings. The summed E-state index contributed by atoms with van der Waals surface area (Å²) in [6.07, 6.45) is 2.04. The highest BCUT2D eigenvalue weighted by molar-refractivity contribution is 7.99. The van der Waals surface area contributed by atoms with E-state index in [4.69, 9.17) is 5.26 Å². The summed E-state index contributed by atoms with van der Waals surface area (Å²) in [4.78, 5) is 12.5. The second-order valence-corrected chi connectivity index (χ2v) is 5.64. The minimum Gasteiger partial charge on any atom is -0.267 e. The molecule has 0 unspecified atom stereocenters. The van der Waals surface area contributed by atoms with Gasteiger partial charge < -0.3 is 0 Å². The maximum atomic E-state index is 11.7. The number of hydrogen-bond acceptors (Lipinski definition) is 4. The van der Waals surface area contributed by atoms with Crippen LogP contribution < -0.4 is 5.69 Å². The van der Waals surface area contributed by atoms with E-state index in [-0.39, 0.29) is 11.7 Å². The van der Waals surface area contributed by atoms with Gasteiger partial charge in [0.2, 0.25) is 0 Å². The monoisotopic (exact) mass is 272 g/mol. The predicted molar refractivity (Wildman–Crippen MR) is 71.1 cm³/mol. The summed E-state index contributed by atoms with van der Waals surface area (Å²) in [6, 6.07) is 8.08. The van der Waals surface area contributed by atoms with Gasteiger partial charge in [-0.15, -0.1) is 5.10 Å². The van der Waals surface area contributed by atoms with Crippen LogP contribution >= 0.6 is 11.8 Å². The quantitative estimate of drug-likeness (QED) is 0.929. The summed E-state index contributed by atoms with van der Waals surface area (Å²) in [5.74, 6) is 0. The summed E-state index contributed by atoms with van der Waals surface area (Å²) < 4.78 is 1.69. The average Bonchev–Trinajstić information content (AvgIpc) is 3.15. The van der Waals surface area contributed by atoms with Crippen LogP contribution in [0.25, 0.3) is 0 Å². The lowest BCUT2D eigenvalue weighted by Crippen LogP contribution is -2.16. The largest absolute Gasteiger partial charge is 0.344 e. The third-order valence-corrected chi connectivity index (χ3v) is 4.07. The van der Waals surface area contributed by atoms with Crippen LogP contribution in [0.2, 0.25) is 0 Å². The van der Waals surface area contributed by atoms with Crippen molar-refractivity contribution in [2.75, 3.05) is 0 Å². The van der Waals surface area contributed by atoms with E-state index in [0.717, 1.165) is 23.3 Å². The number of nitrogens with zero attached hydrogens (tertiary/aromatic N) is 3. The number of aryl methyl sites for hydroxylation is 1. The molecule has 0 aliphatic heterocycles. The zero-order valence-corrected chi connectivity index (χ0v) is 11.2. The van der Waals surface area contributed by atoms with Crippen LogP contribution in [0.4, 0.5) is 0 Å². The number of benzene rings is 1. The van der Waals surface area contributed by atoms with E-state index >= 15 is 0 Å². The Balaban J connectivity index is 2.00. The molecule has 3 rings (SSSR count). The molecule has 19 heavy (non-hydrogen) atoms. The number of nitrogens with one attached hydrogen (secondary N) is 1. The maximum Gasteiger partial charge on any atom is 0.344 e. The number of aromatic nitrogens is 3. The number of aromatic amines is 1. The topological polar surface area (TPSA) is 74.5 Å². The third kappa shape index (κ3) is 2.29. The molecule has 1 aliphatic carbocycles. The molecule has 0 amide bonds. The van der Waals surface area contributed by atoms with E-state index in [1.54, 1.807) is 10.6 Å². The van der Waals surface area contributed by atoms with Crippen molar-refractivity contribution in [3.05, 3.63) is 39.8 Å². The van der Waals surface area contributed by atoms with Crippen molar-refractivity contribution in [1.82, 2.24) is 14.8 Å². The second kappa shape index (κ2) is 4.59. The SMILES string of the molecule is Cc1ccc(C#N)c(Sc2n[nH]c(=O)n2C2CC2)c1. The highest BCUT2D eigenvalue weighted by atomic mass is 32.2. The Hall–Kier alpha value is -2.00. The van der Waals surface area contributed by atoms with Crippen LogP contribution in [-0.4, -0.2) is 14.8 Å². The van der Waals surface area contributed by atoms with Crippen molar-refractivity contribution in [2.24, 2.45) is 0 Å². The molecule has 0 radical (unpaired) electrons. The Bertz CT molecular complexity index is 721. The van der Waals surface area contributed by atoms with Gasteiger partial charge in [-0.2, -0.15) is 5.26 Å². The summed E-state index contributed by atoms with van der Waals surface area (Å²) in [6.45, 7) is 1.98. The van der Waals surface area contributed by atoms with Crippen LogP contribution in [0.3, 0.4) is 0 Å². The van der Waals surface area contributed by atoms with Gasteiger partial charge in [-0.1, -0.05) is 6.07 Å². The fourth-order valence-corrected chi connectivity index (χ4v) is 3.01. The third-order valence-electron chi connectivity index (χ3n) is 3.04. The molecule has 1 heterocycles. The standard InChI is InChI=1S/C13H12N4OS/c1-8-2-3-9(7-14)11(6-8)19-13-16-15-12(18)17(13)10-4-5-10/h2-3,6,10H,4-5H2,1H3,(H,15,18). The van der Waals surface area contributed by atoms with Gasteiger partial charge in [0.1, 0.15) is 6.07 Å². The molecular formula is C13H12N4OS. The van der Waals surface area contributed by atoms with Gasteiger partial charge >= 0.3 is 5.69 Å². The van der Waals surface area contributed by atoms with Gasteiger partial charge in [-0.05, 0) is 49.2 Å². The molecule has 0 atom stereocenters. The number of hydrogen-bond donors (Lipinski definition) is 1. The van der Waals surface area contributed by atoms with Crippen molar-refractivity contribution < 1.29 is 0 Å². The van der Waals surface area contributed by atoms with Gasteiger partial charge in [0.15, 0.2) is 5.16 Å². The molecule has 1 aromatic carbocycles. The van der Waals surface area contributed by atoms with Crippen molar-refractivity contribution in [2.45, 2.75) is 35.9 Å². The van der Waals surface area contributed by atoms with Gasteiger partial charge in [0.25, 0.3) is 0 Å². The minimum atomic E-state index is -0.170. The highest BCUT2D eigenvalue weighted by Gasteiger charge is 2.29. The fourth-order valence-electron chi connectivity index (χ4n) is 1.92. The van der Waals surface area contributed by atoms with Gasteiger partial charge in [-0.25, -0.2) is 9.89 Å². The van der Waals surface area contributed by atoms with Crippen molar-refractivity contribution in [3.63, 3.8) is 0 Å². The van der Waals surface area contributed by atoms with Crippen LogP contribution in [0.5, 0.6) is 0 Å². The van der Waals surface area contributed by atoms with E-state index in [2.05, 4.69) is 16.3 Å². The maximum absolute atomic E-state index is 11.7. The summed E-state index contributed by atoms with van der Waals surface area (Å²) in [5, 5.41) is 16.3. The molecular weight excluding hydrogens is 260 g/mol. The smallest absolute Gasteiger partial charge is 0.267 e. The molecule has 0 spiro atoms. The Morgan fingerprint density at radius 1 is 1.53 bits per heavy atom. The second-order valence-electron chi connectivity index (χ2n) is 4.63. The minimum absolute atomic E-state index is 0.170. The number of H-pyrrole nitrogens is 1.